The summed E-state index contributed by atoms with van der Waals surface area (Å²) in [7, 11) is -2.91. The van der Waals surface area contributed by atoms with Crippen molar-refractivity contribution in [1.82, 2.24) is 0 Å². The van der Waals surface area contributed by atoms with Gasteiger partial charge in [0.2, 0.25) is 0 Å². The first kappa shape index (κ1) is 19.6. The number of ether oxygens (including phenoxy) is 1. The van der Waals surface area contributed by atoms with Crippen molar-refractivity contribution in [3.8, 4) is 5.75 Å². The zero-order valence-electron chi connectivity index (χ0n) is 16.6. The fourth-order valence-corrected chi connectivity index (χ4v) is 8.38. The molecule has 0 saturated carbocycles. The van der Waals surface area contributed by atoms with Crippen LogP contribution in [0.25, 0.3) is 0 Å². The largest absolute Gasteiger partial charge is 0.423 e. The summed E-state index contributed by atoms with van der Waals surface area (Å²) in [5.74, 6) is 0.116. The van der Waals surface area contributed by atoms with Gasteiger partial charge in [-0.25, -0.2) is 4.79 Å². The molecule has 4 aromatic carbocycles. The number of para-hydroxylation sites is 1. The number of benzene rings is 4. The maximum atomic E-state index is 13.4. The molecule has 0 aliphatic carbocycles. The number of rotatable bonds is 6. The van der Waals surface area contributed by atoms with Crippen molar-refractivity contribution < 1.29 is 9.53 Å². The lowest BCUT2D eigenvalue weighted by atomic mass is 10.3. The Kier molecular flexibility index (Phi) is 5.73. The van der Waals surface area contributed by atoms with Crippen molar-refractivity contribution in [1.29, 1.82) is 0 Å². The molecule has 0 radical (unpaired) electrons. The van der Waals surface area contributed by atoms with Gasteiger partial charge in [-0.1, -0.05) is 116 Å². The third-order valence-electron chi connectivity index (χ3n) is 5.27. The molecule has 30 heavy (non-hydrogen) atoms. The highest BCUT2D eigenvalue weighted by molar-refractivity contribution is 7.18. The molecule has 0 aliphatic heterocycles. The van der Waals surface area contributed by atoms with Crippen LogP contribution in [-0.4, -0.2) is 14.0 Å². The third kappa shape index (κ3) is 3.63. The molecule has 0 N–H and O–H groups in total. The van der Waals surface area contributed by atoms with E-state index in [4.69, 9.17) is 4.74 Å². The molecular weight excluding hydrogens is 384 g/mol. The van der Waals surface area contributed by atoms with Crippen LogP contribution in [0.1, 0.15) is 0 Å². The van der Waals surface area contributed by atoms with Gasteiger partial charge in [-0.05, 0) is 27.7 Å². The molecule has 0 atom stereocenters. The molecule has 0 bridgehead atoms. The van der Waals surface area contributed by atoms with E-state index < -0.39 is 14.0 Å². The first-order chi connectivity index (χ1) is 14.7. The van der Waals surface area contributed by atoms with Crippen LogP contribution in [0.2, 0.25) is 0 Å². The van der Waals surface area contributed by atoms with E-state index in [0.717, 1.165) is 15.6 Å². The Hall–Kier alpha value is -3.69. The molecule has 0 aliphatic rings. The lowest BCUT2D eigenvalue weighted by Gasteiger charge is -2.34. The molecule has 4 rings (SSSR count). The Morgan fingerprint density at radius 1 is 0.567 bits per heavy atom. The highest BCUT2D eigenvalue weighted by atomic mass is 28.3. The fraction of sp³-hybridized carbons (Fsp3) is 0. The number of carbonyl (C=O) groups excluding carboxylic acids is 1. The van der Waals surface area contributed by atoms with Crippen LogP contribution in [0.4, 0.5) is 0 Å². The molecule has 0 heterocycles. The van der Waals surface area contributed by atoms with Crippen LogP contribution in [0, 0.1) is 0 Å². The Bertz CT molecular complexity index is 1030. The van der Waals surface area contributed by atoms with Crippen molar-refractivity contribution >= 4 is 29.6 Å². The van der Waals surface area contributed by atoms with Gasteiger partial charge in [0.25, 0.3) is 0 Å². The second-order valence-corrected chi connectivity index (χ2v) is 10.9. The molecule has 0 spiro atoms. The fourth-order valence-electron chi connectivity index (χ4n) is 3.90. The number of carbonyl (C=O) groups is 1. The van der Waals surface area contributed by atoms with Gasteiger partial charge in [-0.15, -0.1) is 0 Å². The van der Waals surface area contributed by atoms with E-state index in [0.29, 0.717) is 10.9 Å². The number of esters is 1. The smallest absolute Gasteiger partial charge is 0.335 e. The van der Waals surface area contributed by atoms with Crippen molar-refractivity contribution in [3.05, 3.63) is 133 Å². The highest BCUT2D eigenvalue weighted by Gasteiger charge is 2.45. The van der Waals surface area contributed by atoms with Gasteiger partial charge >= 0.3 is 5.97 Å². The third-order valence-corrected chi connectivity index (χ3v) is 9.98. The summed E-state index contributed by atoms with van der Waals surface area (Å²) in [4.78, 5) is 13.4. The van der Waals surface area contributed by atoms with E-state index in [2.05, 4.69) is 43.0 Å². The molecule has 2 nitrogen and oxygen atoms in total. The van der Waals surface area contributed by atoms with Crippen LogP contribution >= 0.6 is 0 Å². The molecule has 3 heteroatoms. The standard InChI is InChI=1S/C27H22O2Si/c1-22(27(28)29-23-14-6-2-7-15-23)30(24-16-8-3-9-17-24,25-18-10-4-11-19-25)26-20-12-5-13-21-26/h2-21H,1H2. The van der Waals surface area contributed by atoms with Gasteiger partial charge in [-0.3, -0.25) is 0 Å². The minimum absolute atomic E-state index is 0.399. The van der Waals surface area contributed by atoms with Crippen LogP contribution in [0.3, 0.4) is 0 Å². The minimum atomic E-state index is -2.91. The van der Waals surface area contributed by atoms with E-state index in [1.54, 1.807) is 12.1 Å². The van der Waals surface area contributed by atoms with Gasteiger partial charge < -0.3 is 4.74 Å². The molecule has 146 valence electrons. The number of hydrogen-bond donors (Lipinski definition) is 0. The molecule has 4 aromatic rings. The molecule has 0 fully saturated rings. The quantitative estimate of drug-likeness (QED) is 0.160. The second kappa shape index (κ2) is 8.76. The minimum Gasteiger partial charge on any atom is -0.423 e. The summed E-state index contributed by atoms with van der Waals surface area (Å²) in [6, 6.07) is 39.7. The Labute approximate surface area is 178 Å². The normalized spacial score (nSPS) is 10.9. The first-order valence-electron chi connectivity index (χ1n) is 9.86. The van der Waals surface area contributed by atoms with E-state index in [1.807, 2.05) is 72.8 Å². The van der Waals surface area contributed by atoms with Gasteiger partial charge in [0, 0.05) is 5.20 Å². The van der Waals surface area contributed by atoms with E-state index in [1.165, 1.54) is 0 Å². The maximum Gasteiger partial charge on any atom is 0.335 e. The lowest BCUT2D eigenvalue weighted by Crippen LogP contribution is -2.69. The van der Waals surface area contributed by atoms with Crippen molar-refractivity contribution in [2.24, 2.45) is 0 Å². The molecule has 0 amide bonds. The predicted molar refractivity (Wildman–Crippen MR) is 125 cm³/mol. The summed E-state index contributed by atoms with van der Waals surface area (Å²) >= 11 is 0. The lowest BCUT2D eigenvalue weighted by molar-refractivity contribution is -0.129. The van der Waals surface area contributed by atoms with E-state index in [9.17, 15) is 4.79 Å². The Balaban J connectivity index is 1.93. The van der Waals surface area contributed by atoms with Gasteiger partial charge in [0.1, 0.15) is 5.75 Å². The topological polar surface area (TPSA) is 26.3 Å². The summed E-state index contributed by atoms with van der Waals surface area (Å²) in [5.41, 5.74) is 0. The summed E-state index contributed by atoms with van der Waals surface area (Å²) in [6.07, 6.45) is 0. The van der Waals surface area contributed by atoms with Gasteiger partial charge in [0.15, 0.2) is 8.07 Å². The molecule has 0 unspecified atom stereocenters. The van der Waals surface area contributed by atoms with E-state index >= 15 is 0 Å². The molecule has 0 saturated heterocycles. The number of hydrogen-bond acceptors (Lipinski definition) is 2. The molecular formula is C27H22O2Si. The summed E-state index contributed by atoms with van der Waals surface area (Å²) in [5, 5.41) is 3.78. The average molecular weight is 407 g/mol. The first-order valence-corrected chi connectivity index (χ1v) is 11.9. The van der Waals surface area contributed by atoms with E-state index in [-0.39, 0.29) is 0 Å². The van der Waals surface area contributed by atoms with Gasteiger partial charge in [0.05, 0.1) is 0 Å². The Morgan fingerprint density at radius 2 is 0.900 bits per heavy atom. The summed E-state index contributed by atoms with van der Waals surface area (Å²) in [6.45, 7) is 4.34. The molecule has 0 aromatic heterocycles. The van der Waals surface area contributed by atoms with Crippen molar-refractivity contribution in [2.75, 3.05) is 0 Å². The zero-order valence-corrected chi connectivity index (χ0v) is 17.6. The predicted octanol–water partition coefficient (Wildman–Crippen LogP) is 3.86. The van der Waals surface area contributed by atoms with Crippen LogP contribution < -0.4 is 20.3 Å². The van der Waals surface area contributed by atoms with Crippen LogP contribution in [-0.2, 0) is 4.79 Å². The second-order valence-electron chi connectivity index (χ2n) is 7.03. The maximum absolute atomic E-state index is 13.4. The highest BCUT2D eigenvalue weighted by Crippen LogP contribution is 2.19. The van der Waals surface area contributed by atoms with Gasteiger partial charge in [-0.2, -0.15) is 0 Å². The average Bonchev–Trinajstić information content (AvgIpc) is 2.82. The monoisotopic (exact) mass is 406 g/mol. The Morgan fingerprint density at radius 3 is 1.27 bits per heavy atom. The zero-order chi connectivity index (χ0) is 20.8. The van der Waals surface area contributed by atoms with Crippen molar-refractivity contribution in [3.63, 3.8) is 0 Å². The van der Waals surface area contributed by atoms with Crippen LogP contribution in [0.15, 0.2) is 133 Å². The van der Waals surface area contributed by atoms with Crippen LogP contribution in [0.5, 0.6) is 5.75 Å². The van der Waals surface area contributed by atoms with Crippen molar-refractivity contribution in [2.45, 2.75) is 0 Å². The summed E-state index contributed by atoms with van der Waals surface area (Å²) < 4.78 is 5.74. The SMILES string of the molecule is C=C(C(=O)Oc1ccccc1)[Si](c1ccccc1)(c1ccccc1)c1ccccc1.